The Labute approximate surface area is 265 Å². The van der Waals surface area contributed by atoms with Crippen LogP contribution in [0.25, 0.3) is 0 Å². The van der Waals surface area contributed by atoms with Crippen molar-refractivity contribution in [1.82, 2.24) is 20.6 Å². The number of carbonyl (C=O) groups is 5. The van der Waals surface area contributed by atoms with Crippen LogP contribution >= 0.6 is 0 Å². The molecule has 12 heteroatoms. The molecule has 0 aliphatic carbocycles. The fourth-order valence-corrected chi connectivity index (χ4v) is 3.80. The molecular formula is C34H34N4O8. The van der Waals surface area contributed by atoms with Crippen LogP contribution in [0.3, 0.4) is 0 Å². The van der Waals surface area contributed by atoms with Crippen LogP contribution < -0.4 is 20.1 Å². The summed E-state index contributed by atoms with van der Waals surface area (Å²) in [5.41, 5.74) is 0.736. The van der Waals surface area contributed by atoms with E-state index in [-0.39, 0.29) is 24.8 Å². The predicted molar refractivity (Wildman–Crippen MR) is 167 cm³/mol. The number of ether oxygens (including phenoxy) is 2. The Bertz CT molecular complexity index is 1570. The van der Waals surface area contributed by atoms with Gasteiger partial charge in [0.1, 0.15) is 29.1 Å². The quantitative estimate of drug-likeness (QED) is 0.120. The fraction of sp³-hybridized carbons (Fsp3) is 0.206. The number of esters is 2. The average Bonchev–Trinajstić information content (AvgIpc) is 3.06. The van der Waals surface area contributed by atoms with Crippen molar-refractivity contribution >= 4 is 29.5 Å². The second-order valence-corrected chi connectivity index (χ2v) is 9.88. The number of pyridine rings is 2. The van der Waals surface area contributed by atoms with Crippen molar-refractivity contribution in [2.75, 3.05) is 13.1 Å². The maximum Gasteiger partial charge on any atom is 0.323 e. The number of aliphatic hydroxyl groups is 1. The van der Waals surface area contributed by atoms with E-state index in [1.165, 1.54) is 26.2 Å². The lowest BCUT2D eigenvalue weighted by Gasteiger charge is -2.19. The van der Waals surface area contributed by atoms with Crippen LogP contribution in [-0.4, -0.2) is 63.8 Å². The summed E-state index contributed by atoms with van der Waals surface area (Å²) in [6, 6.07) is 23.5. The molecular weight excluding hydrogens is 592 g/mol. The molecule has 0 spiro atoms. The van der Waals surface area contributed by atoms with Crippen LogP contribution in [0.4, 0.5) is 0 Å². The van der Waals surface area contributed by atoms with Gasteiger partial charge in [-0.2, -0.15) is 0 Å². The number of carbonyl (C=O) groups excluding carboxylic acids is 5. The van der Waals surface area contributed by atoms with Gasteiger partial charge in [-0.25, -0.2) is 0 Å². The molecule has 3 N–H and O–H groups in total. The highest BCUT2D eigenvalue weighted by atomic mass is 16.5. The van der Waals surface area contributed by atoms with Gasteiger partial charge in [-0.1, -0.05) is 36.4 Å². The van der Waals surface area contributed by atoms with Gasteiger partial charge in [0.05, 0.1) is 17.2 Å². The van der Waals surface area contributed by atoms with Crippen LogP contribution in [0, 0.1) is 11.8 Å². The number of hydrogen-bond acceptors (Lipinski definition) is 10. The van der Waals surface area contributed by atoms with Gasteiger partial charge in [-0.05, 0) is 62.4 Å². The molecule has 0 fully saturated rings. The van der Waals surface area contributed by atoms with Crippen molar-refractivity contribution < 1.29 is 38.6 Å². The first-order valence-corrected chi connectivity index (χ1v) is 14.2. The zero-order valence-electron chi connectivity index (χ0n) is 25.2. The number of aromatic nitrogens is 2. The summed E-state index contributed by atoms with van der Waals surface area (Å²) < 4.78 is 10.4. The summed E-state index contributed by atoms with van der Waals surface area (Å²) in [5, 5.41) is 14.9. The van der Waals surface area contributed by atoms with E-state index >= 15 is 0 Å². The van der Waals surface area contributed by atoms with Crippen LogP contribution in [0.2, 0.25) is 0 Å². The number of hydrogen-bond donors (Lipinski definition) is 3. The Morgan fingerprint density at radius 2 is 1.13 bits per heavy atom. The topological polar surface area (TPSA) is 174 Å². The molecule has 12 nitrogen and oxygen atoms in total. The van der Waals surface area contributed by atoms with Gasteiger partial charge in [-0.3, -0.25) is 33.9 Å². The van der Waals surface area contributed by atoms with Crippen LogP contribution in [-0.2, 0) is 14.4 Å². The van der Waals surface area contributed by atoms with Crippen LogP contribution in [0.1, 0.15) is 34.6 Å². The molecule has 3 atom stereocenters. The predicted octanol–water partition coefficient (Wildman–Crippen LogP) is 3.04. The van der Waals surface area contributed by atoms with Gasteiger partial charge in [-0.15, -0.1) is 0 Å². The molecule has 4 rings (SSSR count). The van der Waals surface area contributed by atoms with Gasteiger partial charge >= 0.3 is 11.9 Å². The van der Waals surface area contributed by atoms with E-state index in [2.05, 4.69) is 20.6 Å². The number of rotatable bonds is 12. The monoisotopic (exact) mass is 626 g/mol. The van der Waals surface area contributed by atoms with Gasteiger partial charge in [0.15, 0.2) is 0 Å². The molecule has 0 saturated heterocycles. The fourth-order valence-electron chi connectivity index (χ4n) is 3.80. The summed E-state index contributed by atoms with van der Waals surface area (Å²) >= 11 is 0. The zero-order chi connectivity index (χ0) is 33.3. The van der Waals surface area contributed by atoms with E-state index in [4.69, 9.17) is 9.47 Å². The highest BCUT2D eigenvalue weighted by molar-refractivity contribution is 6.00. The summed E-state index contributed by atoms with van der Waals surface area (Å²) in [5.74, 6) is -3.63. The second kappa shape index (κ2) is 18.1. The lowest BCUT2D eigenvalue weighted by atomic mass is 10.0. The molecule has 2 aromatic heterocycles. The maximum absolute atomic E-state index is 12.2. The molecule has 2 heterocycles. The maximum atomic E-state index is 12.2. The van der Waals surface area contributed by atoms with E-state index in [1.54, 1.807) is 97.3 Å². The molecule has 1 unspecified atom stereocenters. The third kappa shape index (κ3) is 11.4. The Morgan fingerprint density at radius 1 is 0.674 bits per heavy atom. The number of amides is 2. The number of Topliss-reactive ketones (excluding diaryl/α,β-unsaturated/α-hetero) is 1. The Balaban J connectivity index is 0.000000250. The number of nitrogens with one attached hydrogen (secondary N) is 2. The molecule has 0 radical (unpaired) electrons. The van der Waals surface area contributed by atoms with Crippen molar-refractivity contribution in [3.05, 3.63) is 121 Å². The van der Waals surface area contributed by atoms with Crippen molar-refractivity contribution in [1.29, 1.82) is 0 Å². The molecule has 2 amide bonds. The van der Waals surface area contributed by atoms with Crippen molar-refractivity contribution in [3.8, 4) is 11.5 Å². The summed E-state index contributed by atoms with van der Waals surface area (Å²) in [7, 11) is 0. The molecule has 46 heavy (non-hydrogen) atoms. The molecule has 0 bridgehead atoms. The minimum Gasteiger partial charge on any atom is -0.426 e. The van der Waals surface area contributed by atoms with Gasteiger partial charge in [0.2, 0.25) is 0 Å². The SMILES string of the molecule is CC(=O)C(CNC(=O)c1cccnc1)C(=O)Oc1ccccc1.C[C@@H](O)[C@H](CNC(=O)c1cccnc1)C(=O)Oc1ccccc1. The van der Waals surface area contributed by atoms with Gasteiger partial charge in [0, 0.05) is 37.9 Å². The third-order valence-corrected chi connectivity index (χ3v) is 6.38. The van der Waals surface area contributed by atoms with E-state index in [1.807, 2.05) is 0 Å². The van der Waals surface area contributed by atoms with Crippen molar-refractivity contribution in [3.63, 3.8) is 0 Å². The smallest absolute Gasteiger partial charge is 0.323 e. The minimum absolute atomic E-state index is 0.0307. The van der Waals surface area contributed by atoms with Crippen molar-refractivity contribution in [2.45, 2.75) is 20.0 Å². The standard InChI is InChI=1S/C17H18N2O4.C17H16N2O4/c2*1-12(20)15(17(22)23-14-7-3-2-4-8-14)11-19-16(21)13-6-5-9-18-10-13/h2-10,12,15,20H,11H2,1H3,(H,19,21);2-10,15H,11H2,1H3,(H,19,21)/t12-,15+;/m1./s1. The Kier molecular flexibility index (Phi) is 13.7. The van der Waals surface area contributed by atoms with E-state index in [9.17, 15) is 29.1 Å². The Morgan fingerprint density at radius 3 is 1.54 bits per heavy atom. The molecule has 0 saturated carbocycles. The first-order valence-electron chi connectivity index (χ1n) is 14.2. The largest absolute Gasteiger partial charge is 0.426 e. The van der Waals surface area contributed by atoms with E-state index < -0.39 is 35.8 Å². The highest BCUT2D eigenvalue weighted by Crippen LogP contribution is 2.14. The first kappa shape index (κ1) is 34.7. The third-order valence-electron chi connectivity index (χ3n) is 6.38. The summed E-state index contributed by atoms with van der Waals surface area (Å²) in [4.78, 5) is 67.5. The van der Waals surface area contributed by atoms with E-state index in [0.29, 0.717) is 22.6 Å². The highest BCUT2D eigenvalue weighted by Gasteiger charge is 2.27. The number of benzene rings is 2. The summed E-state index contributed by atoms with van der Waals surface area (Å²) in [6.07, 6.45) is 4.98. The zero-order valence-corrected chi connectivity index (χ0v) is 25.2. The average molecular weight is 627 g/mol. The number of para-hydroxylation sites is 2. The number of ketones is 1. The van der Waals surface area contributed by atoms with Crippen molar-refractivity contribution in [2.24, 2.45) is 11.8 Å². The number of aliphatic hydroxyl groups excluding tert-OH is 1. The van der Waals surface area contributed by atoms with E-state index in [0.717, 1.165) is 0 Å². The Hall–Kier alpha value is -5.75. The molecule has 2 aromatic carbocycles. The van der Waals surface area contributed by atoms with Gasteiger partial charge < -0.3 is 25.2 Å². The lowest BCUT2D eigenvalue weighted by Crippen LogP contribution is -2.40. The normalized spacial score (nSPS) is 12.2. The second-order valence-electron chi connectivity index (χ2n) is 9.88. The molecule has 4 aromatic rings. The lowest BCUT2D eigenvalue weighted by molar-refractivity contribution is -0.144. The van der Waals surface area contributed by atoms with Gasteiger partial charge in [0.25, 0.3) is 11.8 Å². The molecule has 0 aliphatic heterocycles. The molecule has 0 aliphatic rings. The van der Waals surface area contributed by atoms with Crippen LogP contribution in [0.15, 0.2) is 110 Å². The number of nitrogens with zero attached hydrogens (tertiary/aromatic N) is 2. The summed E-state index contributed by atoms with van der Waals surface area (Å²) in [6.45, 7) is 2.60. The first-order chi connectivity index (χ1) is 22.2. The molecule has 238 valence electrons. The van der Waals surface area contributed by atoms with Crippen LogP contribution in [0.5, 0.6) is 11.5 Å². The minimum atomic E-state index is -1.06.